The summed E-state index contributed by atoms with van der Waals surface area (Å²) in [6, 6.07) is 91.0. The number of rotatable bonds is 7. The van der Waals surface area contributed by atoms with E-state index in [0.717, 1.165) is 55.4 Å². The first-order valence-electron chi connectivity index (χ1n) is 22.5. The fourth-order valence-corrected chi connectivity index (χ4v) is 15.8. The van der Waals surface area contributed by atoms with Crippen LogP contribution in [0.1, 0.15) is 5.56 Å². The van der Waals surface area contributed by atoms with E-state index in [0.29, 0.717) is 5.56 Å². The van der Waals surface area contributed by atoms with Crippen molar-refractivity contribution in [2.24, 2.45) is 0 Å². The molecule has 0 saturated carbocycles. The molecule has 5 heteroatoms. The summed E-state index contributed by atoms with van der Waals surface area (Å²) >= 11 is 0. The molecule has 0 N–H and O–H groups in total. The molecule has 0 spiro atoms. The molecular weight excluding hydrogens is 817 g/mol. The van der Waals surface area contributed by atoms with Crippen LogP contribution in [0.4, 0.5) is 0 Å². The Morgan fingerprint density at radius 3 is 1.32 bits per heavy atom. The first-order chi connectivity index (χ1) is 32.7. The minimum atomic E-state index is -2.72. The van der Waals surface area contributed by atoms with Crippen molar-refractivity contribution < 1.29 is 0 Å². The second-order valence-corrected chi connectivity index (χ2v) is 21.0. The number of fused-ring (bicyclic) bond motifs is 9. The summed E-state index contributed by atoms with van der Waals surface area (Å²) in [5, 5.41) is 22.2. The van der Waals surface area contributed by atoms with Gasteiger partial charge < -0.3 is 13.7 Å². The predicted molar refractivity (Wildman–Crippen MR) is 278 cm³/mol. The second kappa shape index (κ2) is 15.0. The highest BCUT2D eigenvalue weighted by Gasteiger charge is 2.41. The summed E-state index contributed by atoms with van der Waals surface area (Å²) in [5.74, 6) is 0. The molecule has 0 aliphatic heterocycles. The Balaban J connectivity index is 1.04. The number of nitriles is 1. The first-order valence-corrected chi connectivity index (χ1v) is 24.5. The highest BCUT2D eigenvalue weighted by Crippen LogP contribution is 2.41. The molecule has 0 aliphatic carbocycles. The number of aromatic nitrogens is 3. The van der Waals surface area contributed by atoms with Crippen LogP contribution in [0.3, 0.4) is 0 Å². The maximum Gasteiger partial charge on any atom is 0.179 e. The molecular formula is C61H40N4Si. The lowest BCUT2D eigenvalue weighted by Crippen LogP contribution is -2.74. The SMILES string of the molecule is N#Cc1ccc2c(c1)c1ccccc1n2-c1ccc2c(c1)c1ccccc1n2-c1cccc2c3ccccc3n(-c3ccc([Si](c4ccccc4)(c4ccccc4)c4ccccc4)cc3)c12. The Morgan fingerprint density at radius 2 is 0.727 bits per heavy atom. The minimum absolute atomic E-state index is 0.660. The summed E-state index contributed by atoms with van der Waals surface area (Å²) in [6.45, 7) is 0. The number of benzene rings is 10. The van der Waals surface area contributed by atoms with E-state index in [1.54, 1.807) is 0 Å². The Hall–Kier alpha value is -8.69. The van der Waals surface area contributed by atoms with Gasteiger partial charge in [-0.25, -0.2) is 0 Å². The Labute approximate surface area is 382 Å². The highest BCUT2D eigenvalue weighted by atomic mass is 28.3. The largest absolute Gasteiger partial charge is 0.309 e. The molecule has 0 atom stereocenters. The summed E-state index contributed by atoms with van der Waals surface area (Å²) in [7, 11) is -2.72. The molecule has 66 heavy (non-hydrogen) atoms. The fourth-order valence-electron chi connectivity index (χ4n) is 11.1. The van der Waals surface area contributed by atoms with Gasteiger partial charge in [-0.15, -0.1) is 0 Å². The van der Waals surface area contributed by atoms with E-state index >= 15 is 0 Å². The number of para-hydroxylation sites is 4. The highest BCUT2D eigenvalue weighted by molar-refractivity contribution is 7.19. The van der Waals surface area contributed by atoms with Gasteiger partial charge in [0.2, 0.25) is 0 Å². The number of hydrogen-bond acceptors (Lipinski definition) is 1. The van der Waals surface area contributed by atoms with E-state index in [-0.39, 0.29) is 0 Å². The molecule has 0 fully saturated rings. The van der Waals surface area contributed by atoms with Crippen LogP contribution in [0, 0.1) is 11.3 Å². The summed E-state index contributed by atoms with van der Waals surface area (Å²) in [5.41, 5.74) is 10.8. The van der Waals surface area contributed by atoms with E-state index in [2.05, 4.69) is 250 Å². The van der Waals surface area contributed by atoms with Crippen LogP contribution in [0.2, 0.25) is 0 Å². The van der Waals surface area contributed by atoms with Gasteiger partial charge in [-0.1, -0.05) is 170 Å². The van der Waals surface area contributed by atoms with Crippen molar-refractivity contribution in [3.63, 3.8) is 0 Å². The molecule has 0 amide bonds. The first kappa shape index (κ1) is 37.8. The topological polar surface area (TPSA) is 38.6 Å². The van der Waals surface area contributed by atoms with Crippen molar-refractivity contribution in [2.75, 3.05) is 0 Å². The molecule has 13 rings (SSSR count). The zero-order valence-corrected chi connectivity index (χ0v) is 36.9. The molecule has 308 valence electrons. The van der Waals surface area contributed by atoms with Gasteiger partial charge in [0, 0.05) is 43.7 Å². The van der Waals surface area contributed by atoms with Crippen LogP contribution >= 0.6 is 0 Å². The quantitative estimate of drug-likeness (QED) is 0.116. The summed E-state index contributed by atoms with van der Waals surface area (Å²) in [6.07, 6.45) is 0. The van der Waals surface area contributed by atoms with Crippen LogP contribution in [0.25, 0.3) is 82.5 Å². The third-order valence-electron chi connectivity index (χ3n) is 13.8. The summed E-state index contributed by atoms with van der Waals surface area (Å²) in [4.78, 5) is 0. The molecule has 0 bridgehead atoms. The third-order valence-corrected chi connectivity index (χ3v) is 18.6. The number of hydrogen-bond donors (Lipinski definition) is 0. The Morgan fingerprint density at radius 1 is 0.303 bits per heavy atom. The van der Waals surface area contributed by atoms with Gasteiger partial charge in [-0.2, -0.15) is 5.26 Å². The van der Waals surface area contributed by atoms with Gasteiger partial charge in [0.1, 0.15) is 0 Å². The van der Waals surface area contributed by atoms with Gasteiger partial charge in [0.05, 0.1) is 50.4 Å². The molecule has 10 aromatic carbocycles. The third kappa shape index (κ3) is 5.49. The van der Waals surface area contributed by atoms with E-state index in [1.165, 1.54) is 47.8 Å². The van der Waals surface area contributed by atoms with Crippen LogP contribution in [-0.4, -0.2) is 21.8 Å². The average Bonchev–Trinajstić information content (AvgIpc) is 4.03. The molecule has 13 aromatic rings. The maximum atomic E-state index is 9.80. The molecule has 0 unspecified atom stereocenters. The van der Waals surface area contributed by atoms with Crippen molar-refractivity contribution in [3.8, 4) is 23.1 Å². The minimum Gasteiger partial charge on any atom is -0.309 e. The van der Waals surface area contributed by atoms with Crippen LogP contribution < -0.4 is 20.7 Å². The van der Waals surface area contributed by atoms with Gasteiger partial charge in [-0.3, -0.25) is 0 Å². The molecule has 4 nitrogen and oxygen atoms in total. The molecule has 3 heterocycles. The zero-order valence-electron chi connectivity index (χ0n) is 35.9. The Bertz CT molecular complexity index is 3950. The standard InChI is InChI=1S/C61H40N4Si/c62-41-42-31-37-58-53(39-42)50-24-11-13-27-55(50)63(58)44-34-38-59-54(40-44)51-25-12-15-29-57(51)65(59)60-30-16-26-52-49-23-10-14-28-56(49)64(61(52)60)43-32-35-48(36-33-43)66(45-17-4-1-5-18-45,46-19-6-2-7-20-46)47-21-8-3-9-22-47/h1-40H. The smallest absolute Gasteiger partial charge is 0.179 e. The van der Waals surface area contributed by atoms with Crippen molar-refractivity contribution in [1.82, 2.24) is 13.7 Å². The van der Waals surface area contributed by atoms with Crippen molar-refractivity contribution in [3.05, 3.63) is 248 Å². The van der Waals surface area contributed by atoms with Gasteiger partial charge >= 0.3 is 0 Å². The summed E-state index contributed by atoms with van der Waals surface area (Å²) < 4.78 is 7.28. The van der Waals surface area contributed by atoms with Gasteiger partial charge in [0.15, 0.2) is 8.07 Å². The predicted octanol–water partition coefficient (Wildman–Crippen LogP) is 12.2. The maximum absolute atomic E-state index is 9.80. The normalized spacial score (nSPS) is 11.9. The monoisotopic (exact) mass is 856 g/mol. The lowest BCUT2D eigenvalue weighted by atomic mass is 10.1. The molecule has 0 radical (unpaired) electrons. The van der Waals surface area contributed by atoms with Crippen molar-refractivity contribution in [1.29, 1.82) is 5.26 Å². The van der Waals surface area contributed by atoms with E-state index in [4.69, 9.17) is 0 Å². The van der Waals surface area contributed by atoms with Gasteiger partial charge in [0.25, 0.3) is 0 Å². The van der Waals surface area contributed by atoms with Crippen LogP contribution in [-0.2, 0) is 0 Å². The molecule has 0 saturated heterocycles. The van der Waals surface area contributed by atoms with E-state index in [1.807, 2.05) is 12.1 Å². The molecule has 0 aliphatic rings. The molecule has 3 aromatic heterocycles. The van der Waals surface area contributed by atoms with Crippen LogP contribution in [0.5, 0.6) is 0 Å². The lowest BCUT2D eigenvalue weighted by Gasteiger charge is -2.34. The van der Waals surface area contributed by atoms with Gasteiger partial charge in [-0.05, 0) is 93.5 Å². The average molecular weight is 857 g/mol. The van der Waals surface area contributed by atoms with Crippen molar-refractivity contribution >= 4 is 94.2 Å². The van der Waals surface area contributed by atoms with Crippen molar-refractivity contribution in [2.45, 2.75) is 0 Å². The number of nitrogens with zero attached hydrogens (tertiary/aromatic N) is 4. The van der Waals surface area contributed by atoms with Crippen LogP contribution in [0.15, 0.2) is 243 Å². The zero-order chi connectivity index (χ0) is 43.8. The second-order valence-electron chi connectivity index (χ2n) is 17.2. The lowest BCUT2D eigenvalue weighted by molar-refractivity contribution is 1.13. The van der Waals surface area contributed by atoms with E-state index in [9.17, 15) is 5.26 Å². The van der Waals surface area contributed by atoms with E-state index < -0.39 is 8.07 Å². The Kier molecular flexibility index (Phi) is 8.57. The fraction of sp³-hybridized carbons (Fsp3) is 0.